The number of carbonyl (C=O) groups excluding carboxylic acids is 1. The van der Waals surface area contributed by atoms with Gasteiger partial charge in [0.05, 0.1) is 6.21 Å². The van der Waals surface area contributed by atoms with Crippen molar-refractivity contribution in [1.29, 1.82) is 0 Å². The van der Waals surface area contributed by atoms with Gasteiger partial charge >= 0.3 is 0 Å². The number of aryl methyl sites for hydroxylation is 1. The first kappa shape index (κ1) is 18.8. The number of aromatic hydroxyl groups is 1. The van der Waals surface area contributed by atoms with Crippen molar-refractivity contribution in [2.75, 3.05) is 6.61 Å². The predicted molar refractivity (Wildman–Crippen MR) is 99.6 cm³/mol. The SMILES string of the molecule is Cc1cc(OCC(=O)NN=Cc2ccccc2O)c(C(C)C)cc1Cl. The minimum Gasteiger partial charge on any atom is -0.507 e. The first-order valence-electron chi connectivity index (χ1n) is 7.91. The molecule has 132 valence electrons. The molecule has 0 radical (unpaired) electrons. The van der Waals surface area contributed by atoms with E-state index in [0.29, 0.717) is 16.3 Å². The zero-order valence-corrected chi connectivity index (χ0v) is 15.2. The Bertz CT molecular complexity index is 788. The molecule has 0 saturated carbocycles. The third-order valence-electron chi connectivity index (χ3n) is 3.60. The quantitative estimate of drug-likeness (QED) is 0.604. The fraction of sp³-hybridized carbons (Fsp3) is 0.263. The van der Waals surface area contributed by atoms with Crippen LogP contribution in [0.1, 0.15) is 36.5 Å². The van der Waals surface area contributed by atoms with Crippen molar-refractivity contribution >= 4 is 23.7 Å². The molecule has 2 N–H and O–H groups in total. The monoisotopic (exact) mass is 360 g/mol. The van der Waals surface area contributed by atoms with E-state index in [1.165, 1.54) is 6.21 Å². The topological polar surface area (TPSA) is 70.9 Å². The van der Waals surface area contributed by atoms with Crippen LogP contribution in [0.15, 0.2) is 41.5 Å². The second-order valence-electron chi connectivity index (χ2n) is 5.93. The lowest BCUT2D eigenvalue weighted by molar-refractivity contribution is -0.123. The summed E-state index contributed by atoms with van der Waals surface area (Å²) in [5.74, 6) is 0.552. The Morgan fingerprint density at radius 3 is 2.76 bits per heavy atom. The molecule has 5 nitrogen and oxygen atoms in total. The Kier molecular flexibility index (Phi) is 6.42. The van der Waals surface area contributed by atoms with Crippen LogP contribution in [0.2, 0.25) is 5.02 Å². The van der Waals surface area contributed by atoms with Crippen molar-refractivity contribution in [2.45, 2.75) is 26.7 Å². The molecule has 1 amide bonds. The summed E-state index contributed by atoms with van der Waals surface area (Å²) < 4.78 is 5.63. The Morgan fingerprint density at radius 2 is 2.08 bits per heavy atom. The van der Waals surface area contributed by atoms with E-state index in [9.17, 15) is 9.90 Å². The Labute approximate surface area is 152 Å². The molecular weight excluding hydrogens is 340 g/mol. The lowest BCUT2D eigenvalue weighted by Gasteiger charge is -2.15. The van der Waals surface area contributed by atoms with Crippen LogP contribution in [0.5, 0.6) is 11.5 Å². The summed E-state index contributed by atoms with van der Waals surface area (Å²) in [6, 6.07) is 10.4. The molecule has 0 aromatic heterocycles. The first-order chi connectivity index (χ1) is 11.9. The number of rotatable bonds is 6. The average molecular weight is 361 g/mol. The molecular formula is C19H21ClN2O3. The van der Waals surface area contributed by atoms with Crippen LogP contribution in [0, 0.1) is 6.92 Å². The summed E-state index contributed by atoms with van der Waals surface area (Å²) >= 11 is 6.16. The molecule has 0 bridgehead atoms. The van der Waals surface area contributed by atoms with Crippen molar-refractivity contribution in [3.8, 4) is 11.5 Å². The number of para-hydroxylation sites is 1. The Balaban J connectivity index is 1.96. The fourth-order valence-corrected chi connectivity index (χ4v) is 2.36. The molecule has 2 aromatic carbocycles. The highest BCUT2D eigenvalue weighted by Gasteiger charge is 2.12. The summed E-state index contributed by atoms with van der Waals surface area (Å²) in [4.78, 5) is 11.9. The van der Waals surface area contributed by atoms with Crippen LogP contribution in [-0.2, 0) is 4.79 Å². The standard InChI is InChI=1S/C19H21ClN2O3/c1-12(2)15-9-16(20)13(3)8-18(15)25-11-19(24)22-21-10-14-6-4-5-7-17(14)23/h4-10,12,23H,11H2,1-3H3,(H,22,24). The normalized spacial score (nSPS) is 11.1. The number of benzene rings is 2. The molecule has 2 rings (SSSR count). The molecule has 2 aromatic rings. The highest BCUT2D eigenvalue weighted by atomic mass is 35.5. The van der Waals surface area contributed by atoms with Gasteiger partial charge in [-0.25, -0.2) is 5.43 Å². The summed E-state index contributed by atoms with van der Waals surface area (Å²) in [6.07, 6.45) is 1.37. The maximum Gasteiger partial charge on any atom is 0.277 e. The van der Waals surface area contributed by atoms with Gasteiger partial charge in [-0.15, -0.1) is 0 Å². The third-order valence-corrected chi connectivity index (χ3v) is 4.01. The number of carbonyl (C=O) groups is 1. The van der Waals surface area contributed by atoms with Gasteiger partial charge in [0.2, 0.25) is 0 Å². The minimum atomic E-state index is -0.394. The number of hydrogen-bond donors (Lipinski definition) is 2. The van der Waals surface area contributed by atoms with E-state index in [1.54, 1.807) is 24.3 Å². The lowest BCUT2D eigenvalue weighted by atomic mass is 10.0. The number of ether oxygens (including phenoxy) is 1. The molecule has 0 aliphatic rings. The van der Waals surface area contributed by atoms with Crippen molar-refractivity contribution in [1.82, 2.24) is 5.43 Å². The van der Waals surface area contributed by atoms with Crippen LogP contribution >= 0.6 is 11.6 Å². The van der Waals surface area contributed by atoms with Crippen molar-refractivity contribution in [2.24, 2.45) is 5.10 Å². The van der Waals surface area contributed by atoms with Gasteiger partial charge < -0.3 is 9.84 Å². The molecule has 0 unspecified atom stereocenters. The van der Waals surface area contributed by atoms with Crippen LogP contribution in [0.4, 0.5) is 0 Å². The van der Waals surface area contributed by atoms with Crippen LogP contribution in [0.25, 0.3) is 0 Å². The second-order valence-corrected chi connectivity index (χ2v) is 6.34. The first-order valence-corrected chi connectivity index (χ1v) is 8.29. The van der Waals surface area contributed by atoms with Gasteiger partial charge in [0, 0.05) is 10.6 Å². The lowest BCUT2D eigenvalue weighted by Crippen LogP contribution is -2.25. The molecule has 6 heteroatoms. The average Bonchev–Trinajstić information content (AvgIpc) is 2.57. The number of hydrazone groups is 1. The van der Waals surface area contributed by atoms with E-state index in [2.05, 4.69) is 10.5 Å². The van der Waals surface area contributed by atoms with E-state index >= 15 is 0 Å². The van der Waals surface area contributed by atoms with Crippen molar-refractivity contribution in [3.05, 3.63) is 58.1 Å². The van der Waals surface area contributed by atoms with Gasteiger partial charge in [-0.05, 0) is 48.2 Å². The van der Waals surface area contributed by atoms with E-state index in [4.69, 9.17) is 16.3 Å². The molecule has 0 atom stereocenters. The minimum absolute atomic E-state index is 0.0926. The molecule has 0 aliphatic carbocycles. The van der Waals surface area contributed by atoms with Crippen molar-refractivity contribution in [3.63, 3.8) is 0 Å². The number of phenols is 1. The molecule has 25 heavy (non-hydrogen) atoms. The van der Waals surface area contributed by atoms with E-state index in [0.717, 1.165) is 11.1 Å². The van der Waals surface area contributed by atoms with Gasteiger partial charge in [0.25, 0.3) is 5.91 Å². The van der Waals surface area contributed by atoms with Crippen LogP contribution < -0.4 is 10.2 Å². The van der Waals surface area contributed by atoms with E-state index in [-0.39, 0.29) is 18.3 Å². The van der Waals surface area contributed by atoms with E-state index in [1.807, 2.05) is 32.9 Å². The van der Waals surface area contributed by atoms with Gasteiger partial charge in [0.1, 0.15) is 11.5 Å². The number of nitrogens with one attached hydrogen (secondary N) is 1. The number of hydrogen-bond acceptors (Lipinski definition) is 4. The Hall–Kier alpha value is -2.53. The number of nitrogens with zero attached hydrogens (tertiary/aromatic N) is 1. The molecule has 0 saturated heterocycles. The van der Waals surface area contributed by atoms with Gasteiger partial charge in [-0.2, -0.15) is 5.10 Å². The molecule has 0 heterocycles. The highest BCUT2D eigenvalue weighted by molar-refractivity contribution is 6.31. The third kappa shape index (κ3) is 5.22. The summed E-state index contributed by atoms with van der Waals surface area (Å²) in [5, 5.41) is 14.1. The molecule has 0 spiro atoms. The number of halogens is 1. The maximum absolute atomic E-state index is 11.9. The van der Waals surface area contributed by atoms with E-state index < -0.39 is 5.91 Å². The Morgan fingerprint density at radius 1 is 1.36 bits per heavy atom. The van der Waals surface area contributed by atoms with Crippen LogP contribution in [0.3, 0.4) is 0 Å². The largest absolute Gasteiger partial charge is 0.507 e. The van der Waals surface area contributed by atoms with Gasteiger partial charge in [-0.1, -0.05) is 37.6 Å². The maximum atomic E-state index is 11.9. The van der Waals surface area contributed by atoms with Crippen LogP contribution in [-0.4, -0.2) is 23.8 Å². The number of amides is 1. The second kappa shape index (κ2) is 8.53. The summed E-state index contributed by atoms with van der Waals surface area (Å²) in [6.45, 7) is 5.78. The summed E-state index contributed by atoms with van der Waals surface area (Å²) in [7, 11) is 0. The van der Waals surface area contributed by atoms with Gasteiger partial charge in [-0.3, -0.25) is 4.79 Å². The summed E-state index contributed by atoms with van der Waals surface area (Å²) in [5.41, 5.74) is 4.72. The smallest absolute Gasteiger partial charge is 0.277 e. The zero-order chi connectivity index (χ0) is 18.4. The zero-order valence-electron chi connectivity index (χ0n) is 14.4. The van der Waals surface area contributed by atoms with Crippen molar-refractivity contribution < 1.29 is 14.6 Å². The molecule has 0 aliphatic heterocycles. The molecule has 0 fully saturated rings. The highest BCUT2D eigenvalue weighted by Crippen LogP contribution is 2.31. The number of phenolic OH excluding ortho intramolecular Hbond substituents is 1. The predicted octanol–water partition coefficient (Wildman–Crippen LogP) is 4.01. The fourth-order valence-electron chi connectivity index (χ4n) is 2.19. The van der Waals surface area contributed by atoms with Gasteiger partial charge in [0.15, 0.2) is 6.61 Å².